The molecule has 2 N–H and O–H groups in total. The minimum Gasteiger partial charge on any atom is -0.469 e. The zero-order valence-corrected chi connectivity index (χ0v) is 9.54. The van der Waals surface area contributed by atoms with Crippen LogP contribution < -0.4 is 5.73 Å². The van der Waals surface area contributed by atoms with E-state index in [1.54, 1.807) is 18.2 Å². The zero-order valence-electron chi connectivity index (χ0n) is 8.79. The first kappa shape index (κ1) is 11.9. The van der Waals surface area contributed by atoms with Gasteiger partial charge < -0.3 is 10.5 Å². The second-order valence-corrected chi connectivity index (χ2v) is 3.63. The molecule has 0 spiro atoms. The predicted molar refractivity (Wildman–Crippen MR) is 60.9 cm³/mol. The van der Waals surface area contributed by atoms with Gasteiger partial charge in [0.15, 0.2) is 0 Å². The van der Waals surface area contributed by atoms with Crippen LogP contribution in [0.4, 0.5) is 5.69 Å². The number of nitrogen functional groups attached to an aromatic ring is 1. The maximum Gasteiger partial charge on any atom is 0.313 e. The summed E-state index contributed by atoms with van der Waals surface area (Å²) in [4.78, 5) is 11.5. The fourth-order valence-electron chi connectivity index (χ4n) is 1.51. The van der Waals surface area contributed by atoms with E-state index in [0.717, 1.165) is 5.56 Å². The number of methoxy groups -OCH3 is 1. The first-order valence-electron chi connectivity index (χ1n) is 4.73. The van der Waals surface area contributed by atoms with Crippen molar-refractivity contribution in [2.24, 2.45) is 0 Å². The maximum absolute atomic E-state index is 11.5. The van der Waals surface area contributed by atoms with Crippen LogP contribution in [-0.2, 0) is 9.53 Å². The van der Waals surface area contributed by atoms with Crippen LogP contribution in [0.15, 0.2) is 18.2 Å². The number of para-hydroxylation sites is 1. The van der Waals surface area contributed by atoms with Crippen LogP contribution in [-0.4, -0.2) is 13.1 Å². The van der Waals surface area contributed by atoms with Crippen molar-refractivity contribution in [3.05, 3.63) is 28.8 Å². The summed E-state index contributed by atoms with van der Waals surface area (Å²) >= 11 is 5.89. The molecule has 1 aromatic rings. The number of nitrogens with two attached hydrogens (primary N) is 1. The average Bonchev–Trinajstić information content (AvgIpc) is 2.24. The Labute approximate surface area is 94.2 Å². The van der Waals surface area contributed by atoms with Gasteiger partial charge in [-0.05, 0) is 18.1 Å². The molecule has 0 radical (unpaired) electrons. The molecule has 1 aromatic carbocycles. The normalized spacial score (nSPS) is 12.2. The summed E-state index contributed by atoms with van der Waals surface area (Å²) in [6, 6.07) is 5.27. The molecule has 0 aliphatic carbocycles. The first-order valence-corrected chi connectivity index (χ1v) is 5.11. The Morgan fingerprint density at radius 2 is 2.27 bits per heavy atom. The van der Waals surface area contributed by atoms with Gasteiger partial charge >= 0.3 is 5.97 Å². The average molecular weight is 228 g/mol. The summed E-state index contributed by atoms with van der Waals surface area (Å²) in [6.45, 7) is 1.90. The second kappa shape index (κ2) is 5.03. The number of rotatable bonds is 3. The Hall–Kier alpha value is -1.22. The molecule has 0 heterocycles. The molecule has 1 rings (SSSR count). The van der Waals surface area contributed by atoms with E-state index in [1.807, 2.05) is 6.92 Å². The van der Waals surface area contributed by atoms with Crippen LogP contribution in [0.2, 0.25) is 5.02 Å². The molecule has 0 aliphatic rings. The van der Waals surface area contributed by atoms with Crippen LogP contribution in [0.1, 0.15) is 24.8 Å². The lowest BCUT2D eigenvalue weighted by molar-refractivity contribution is -0.142. The molecule has 0 amide bonds. The van der Waals surface area contributed by atoms with Crippen molar-refractivity contribution in [1.29, 1.82) is 0 Å². The molecule has 0 aromatic heterocycles. The molecular weight excluding hydrogens is 214 g/mol. The smallest absolute Gasteiger partial charge is 0.313 e. The highest BCUT2D eigenvalue weighted by molar-refractivity contribution is 6.33. The lowest BCUT2D eigenvalue weighted by Crippen LogP contribution is -2.15. The zero-order chi connectivity index (χ0) is 11.4. The SMILES string of the molecule is CCC(C(=O)OC)c1cccc(Cl)c1N. The summed E-state index contributed by atoms with van der Waals surface area (Å²) < 4.78 is 4.71. The molecule has 82 valence electrons. The van der Waals surface area contributed by atoms with Crippen LogP contribution in [0, 0.1) is 0 Å². The monoisotopic (exact) mass is 227 g/mol. The highest BCUT2D eigenvalue weighted by Crippen LogP contribution is 2.31. The highest BCUT2D eigenvalue weighted by atomic mass is 35.5. The molecule has 0 saturated heterocycles. The largest absolute Gasteiger partial charge is 0.469 e. The van der Waals surface area contributed by atoms with Crippen molar-refractivity contribution < 1.29 is 9.53 Å². The van der Waals surface area contributed by atoms with Gasteiger partial charge in [-0.1, -0.05) is 30.7 Å². The van der Waals surface area contributed by atoms with Gasteiger partial charge in [0.25, 0.3) is 0 Å². The van der Waals surface area contributed by atoms with Crippen LogP contribution in [0.5, 0.6) is 0 Å². The Balaban J connectivity index is 3.12. The van der Waals surface area contributed by atoms with Crippen molar-refractivity contribution in [1.82, 2.24) is 0 Å². The predicted octanol–water partition coefficient (Wildman–Crippen LogP) is 2.59. The lowest BCUT2D eigenvalue weighted by atomic mass is 9.95. The number of hydrogen-bond acceptors (Lipinski definition) is 3. The van der Waals surface area contributed by atoms with Gasteiger partial charge in [-0.2, -0.15) is 0 Å². The minimum absolute atomic E-state index is 0.286. The number of ether oxygens (including phenoxy) is 1. The van der Waals surface area contributed by atoms with Crippen LogP contribution >= 0.6 is 11.6 Å². The summed E-state index contributed by atoms with van der Waals surface area (Å²) in [7, 11) is 1.37. The molecule has 0 fully saturated rings. The number of anilines is 1. The molecule has 0 aliphatic heterocycles. The number of benzene rings is 1. The van der Waals surface area contributed by atoms with Crippen molar-refractivity contribution in [2.45, 2.75) is 19.3 Å². The van der Waals surface area contributed by atoms with Gasteiger partial charge in [-0.15, -0.1) is 0 Å². The number of esters is 1. The van der Waals surface area contributed by atoms with E-state index in [2.05, 4.69) is 0 Å². The molecule has 0 bridgehead atoms. The molecule has 1 unspecified atom stereocenters. The topological polar surface area (TPSA) is 52.3 Å². The highest BCUT2D eigenvalue weighted by Gasteiger charge is 2.22. The first-order chi connectivity index (χ1) is 7.11. The van der Waals surface area contributed by atoms with Crippen LogP contribution in [0.25, 0.3) is 0 Å². The van der Waals surface area contributed by atoms with E-state index in [0.29, 0.717) is 17.1 Å². The van der Waals surface area contributed by atoms with Crippen molar-refractivity contribution >= 4 is 23.3 Å². The Morgan fingerprint density at radius 3 is 2.80 bits per heavy atom. The Bertz CT molecular complexity index is 366. The summed E-state index contributed by atoms with van der Waals surface area (Å²) in [5.74, 6) is -0.625. The van der Waals surface area contributed by atoms with Crippen molar-refractivity contribution in [3.63, 3.8) is 0 Å². The standard InChI is InChI=1S/C11H14ClNO2/c1-3-7(11(14)15-2)8-5-4-6-9(12)10(8)13/h4-7H,3,13H2,1-2H3. The van der Waals surface area contributed by atoms with Gasteiger partial charge in [0.05, 0.1) is 23.7 Å². The number of carbonyl (C=O) groups excluding carboxylic acids is 1. The van der Waals surface area contributed by atoms with Crippen molar-refractivity contribution in [3.8, 4) is 0 Å². The molecule has 4 heteroatoms. The van der Waals surface area contributed by atoms with Crippen LogP contribution in [0.3, 0.4) is 0 Å². The summed E-state index contributed by atoms with van der Waals surface area (Å²) in [6.07, 6.45) is 0.636. The van der Waals surface area contributed by atoms with Gasteiger partial charge in [0.1, 0.15) is 0 Å². The van der Waals surface area contributed by atoms with E-state index in [-0.39, 0.29) is 11.9 Å². The fraction of sp³-hybridized carbons (Fsp3) is 0.364. The third-order valence-corrected chi connectivity index (χ3v) is 2.69. The fourth-order valence-corrected chi connectivity index (χ4v) is 1.70. The van der Waals surface area contributed by atoms with Gasteiger partial charge in [-0.25, -0.2) is 0 Å². The Morgan fingerprint density at radius 1 is 1.60 bits per heavy atom. The second-order valence-electron chi connectivity index (χ2n) is 3.23. The Kier molecular flexibility index (Phi) is 3.97. The number of carbonyl (C=O) groups is 1. The van der Waals surface area contributed by atoms with Crippen molar-refractivity contribution in [2.75, 3.05) is 12.8 Å². The third kappa shape index (κ3) is 2.42. The lowest BCUT2D eigenvalue weighted by Gasteiger charge is -2.15. The summed E-state index contributed by atoms with van der Waals surface area (Å²) in [5.41, 5.74) is 7.00. The van der Waals surface area contributed by atoms with Gasteiger partial charge in [0, 0.05) is 0 Å². The van der Waals surface area contributed by atoms with Gasteiger partial charge in [0.2, 0.25) is 0 Å². The number of halogens is 1. The molecule has 15 heavy (non-hydrogen) atoms. The van der Waals surface area contributed by atoms with E-state index in [9.17, 15) is 4.79 Å². The minimum atomic E-state index is -0.339. The molecule has 0 saturated carbocycles. The molecule has 3 nitrogen and oxygen atoms in total. The van der Waals surface area contributed by atoms with E-state index in [4.69, 9.17) is 22.1 Å². The third-order valence-electron chi connectivity index (χ3n) is 2.36. The summed E-state index contributed by atoms with van der Waals surface area (Å²) in [5, 5.41) is 0.467. The quantitative estimate of drug-likeness (QED) is 0.638. The van der Waals surface area contributed by atoms with E-state index >= 15 is 0 Å². The molecule has 1 atom stereocenters. The van der Waals surface area contributed by atoms with E-state index < -0.39 is 0 Å². The van der Waals surface area contributed by atoms with E-state index in [1.165, 1.54) is 7.11 Å². The number of hydrogen-bond donors (Lipinski definition) is 1. The van der Waals surface area contributed by atoms with Gasteiger partial charge in [-0.3, -0.25) is 4.79 Å². The molecular formula is C11H14ClNO2. The maximum atomic E-state index is 11.5.